The van der Waals surface area contributed by atoms with Gasteiger partial charge in [-0.1, -0.05) is 0 Å². The lowest BCUT2D eigenvalue weighted by molar-refractivity contribution is 0.381. The lowest BCUT2D eigenvalue weighted by atomic mass is 10.0. The van der Waals surface area contributed by atoms with E-state index >= 15 is 0 Å². The highest BCUT2D eigenvalue weighted by Crippen LogP contribution is 2.36. The minimum absolute atomic E-state index is 0.181. The van der Waals surface area contributed by atoms with E-state index in [4.69, 9.17) is 4.74 Å². The van der Waals surface area contributed by atoms with Gasteiger partial charge in [0.15, 0.2) is 23.3 Å². The van der Waals surface area contributed by atoms with Crippen molar-refractivity contribution in [3.8, 4) is 16.9 Å². The SMILES string of the molecule is COc1cc(-c2c(F)c(F)c(F)c(F)c2F)cc2[nH]ccc12. The fourth-order valence-corrected chi connectivity index (χ4v) is 2.30. The van der Waals surface area contributed by atoms with Gasteiger partial charge in [-0.3, -0.25) is 0 Å². The Bertz CT molecular complexity index is 858. The molecule has 22 heavy (non-hydrogen) atoms. The van der Waals surface area contributed by atoms with Crippen molar-refractivity contribution >= 4 is 10.9 Å². The minimum Gasteiger partial charge on any atom is -0.496 e. The molecule has 0 unspecified atom stereocenters. The largest absolute Gasteiger partial charge is 0.496 e. The van der Waals surface area contributed by atoms with Gasteiger partial charge in [0, 0.05) is 17.1 Å². The van der Waals surface area contributed by atoms with Crippen LogP contribution in [0.1, 0.15) is 0 Å². The second kappa shape index (κ2) is 5.01. The topological polar surface area (TPSA) is 25.0 Å². The Morgan fingerprint density at radius 2 is 1.45 bits per heavy atom. The summed E-state index contributed by atoms with van der Waals surface area (Å²) in [6, 6.07) is 4.17. The zero-order valence-corrected chi connectivity index (χ0v) is 11.1. The molecule has 0 amide bonds. The average Bonchev–Trinajstić information content (AvgIpc) is 2.99. The molecular formula is C15H8F5NO. The van der Waals surface area contributed by atoms with Crippen molar-refractivity contribution in [3.63, 3.8) is 0 Å². The van der Waals surface area contributed by atoms with Crippen LogP contribution in [0.3, 0.4) is 0 Å². The van der Waals surface area contributed by atoms with Crippen LogP contribution in [0, 0.1) is 29.1 Å². The van der Waals surface area contributed by atoms with Crippen LogP contribution >= 0.6 is 0 Å². The molecule has 1 heterocycles. The smallest absolute Gasteiger partial charge is 0.200 e. The highest BCUT2D eigenvalue weighted by atomic mass is 19.2. The number of aromatic amines is 1. The van der Waals surface area contributed by atoms with Crippen LogP contribution in [-0.2, 0) is 0 Å². The van der Waals surface area contributed by atoms with Crippen LogP contribution < -0.4 is 4.74 Å². The van der Waals surface area contributed by atoms with Gasteiger partial charge in [-0.2, -0.15) is 0 Å². The molecule has 3 rings (SSSR count). The molecule has 0 aliphatic heterocycles. The van der Waals surface area contributed by atoms with Crippen LogP contribution in [0.4, 0.5) is 22.0 Å². The number of rotatable bonds is 2. The molecule has 2 nitrogen and oxygen atoms in total. The Labute approximate surface area is 121 Å². The Hall–Kier alpha value is -2.57. The number of H-pyrrole nitrogens is 1. The second-order valence-corrected chi connectivity index (χ2v) is 4.56. The first-order valence-electron chi connectivity index (χ1n) is 6.12. The molecule has 114 valence electrons. The highest BCUT2D eigenvalue weighted by molar-refractivity contribution is 5.90. The molecule has 1 N–H and O–H groups in total. The van der Waals surface area contributed by atoms with Crippen molar-refractivity contribution < 1.29 is 26.7 Å². The van der Waals surface area contributed by atoms with Crippen LogP contribution in [0.5, 0.6) is 5.75 Å². The van der Waals surface area contributed by atoms with Gasteiger partial charge in [0.2, 0.25) is 5.82 Å². The third-order valence-corrected chi connectivity index (χ3v) is 3.35. The molecule has 3 aromatic rings. The normalized spacial score (nSPS) is 11.2. The summed E-state index contributed by atoms with van der Waals surface area (Å²) in [6.07, 6.45) is 1.56. The number of ether oxygens (including phenoxy) is 1. The number of aromatic nitrogens is 1. The Morgan fingerprint density at radius 1 is 0.864 bits per heavy atom. The molecule has 0 saturated heterocycles. The summed E-state index contributed by atoms with van der Waals surface area (Å²) in [5.74, 6) is -9.68. The molecule has 0 atom stereocenters. The number of benzene rings is 2. The van der Waals surface area contributed by atoms with Crippen LogP contribution in [0.25, 0.3) is 22.0 Å². The van der Waals surface area contributed by atoms with E-state index in [0.717, 1.165) is 0 Å². The molecule has 0 aliphatic carbocycles. The predicted molar refractivity (Wildman–Crippen MR) is 70.1 cm³/mol. The molecular weight excluding hydrogens is 305 g/mol. The lowest BCUT2D eigenvalue weighted by Gasteiger charge is -2.10. The number of hydrogen-bond donors (Lipinski definition) is 1. The maximum Gasteiger partial charge on any atom is 0.200 e. The summed E-state index contributed by atoms with van der Waals surface area (Å²) >= 11 is 0. The van der Waals surface area contributed by atoms with E-state index in [1.807, 2.05) is 0 Å². The summed E-state index contributed by atoms with van der Waals surface area (Å²) < 4.78 is 72.6. The highest BCUT2D eigenvalue weighted by Gasteiger charge is 2.27. The molecule has 0 spiro atoms. The molecule has 0 radical (unpaired) electrons. The van der Waals surface area contributed by atoms with Gasteiger partial charge in [0.1, 0.15) is 5.75 Å². The summed E-state index contributed by atoms with van der Waals surface area (Å²) in [5, 5.41) is 0.620. The van der Waals surface area contributed by atoms with Crippen molar-refractivity contribution in [2.75, 3.05) is 7.11 Å². The van der Waals surface area contributed by atoms with Crippen molar-refractivity contribution in [3.05, 3.63) is 53.5 Å². The summed E-state index contributed by atoms with van der Waals surface area (Å²) in [5.41, 5.74) is -0.732. The third-order valence-electron chi connectivity index (χ3n) is 3.35. The second-order valence-electron chi connectivity index (χ2n) is 4.56. The maximum absolute atomic E-state index is 13.9. The van der Waals surface area contributed by atoms with Gasteiger partial charge in [-0.05, 0) is 23.8 Å². The van der Waals surface area contributed by atoms with Gasteiger partial charge in [0.25, 0.3) is 0 Å². The average molecular weight is 313 g/mol. The van der Waals surface area contributed by atoms with Crippen molar-refractivity contribution in [1.29, 1.82) is 0 Å². The molecule has 7 heteroatoms. The van der Waals surface area contributed by atoms with E-state index < -0.39 is 34.6 Å². The zero-order valence-electron chi connectivity index (χ0n) is 11.1. The quantitative estimate of drug-likeness (QED) is 0.419. The van der Waals surface area contributed by atoms with Crippen molar-refractivity contribution in [1.82, 2.24) is 4.98 Å². The summed E-state index contributed by atoms with van der Waals surface area (Å²) in [7, 11) is 1.34. The van der Waals surface area contributed by atoms with Gasteiger partial charge in [-0.25, -0.2) is 22.0 Å². The Morgan fingerprint density at radius 3 is 2.05 bits per heavy atom. The van der Waals surface area contributed by atoms with Gasteiger partial charge in [-0.15, -0.1) is 0 Å². The van der Waals surface area contributed by atoms with E-state index in [2.05, 4.69) is 4.98 Å². The first-order chi connectivity index (χ1) is 10.5. The Balaban J connectivity index is 2.37. The summed E-state index contributed by atoms with van der Waals surface area (Å²) in [4.78, 5) is 2.80. The molecule has 0 saturated carbocycles. The van der Waals surface area contributed by atoms with Gasteiger partial charge < -0.3 is 9.72 Å². The number of halogens is 5. The maximum atomic E-state index is 13.9. The van der Waals surface area contributed by atoms with Crippen LogP contribution in [0.2, 0.25) is 0 Å². The number of fused-ring (bicyclic) bond motifs is 1. The van der Waals surface area contributed by atoms with E-state index in [9.17, 15) is 22.0 Å². The first-order valence-corrected chi connectivity index (χ1v) is 6.12. The standard InChI is InChI=1S/C15H8F5NO/c1-22-9-5-6(4-8-7(9)2-3-21-8)10-11(16)13(18)15(20)14(19)12(10)17/h2-5,21H,1H3. The van der Waals surface area contributed by atoms with E-state index in [0.29, 0.717) is 10.9 Å². The molecule has 0 fully saturated rings. The van der Waals surface area contributed by atoms with E-state index in [-0.39, 0.29) is 11.3 Å². The Kier molecular flexibility index (Phi) is 3.27. The van der Waals surface area contributed by atoms with Crippen molar-refractivity contribution in [2.24, 2.45) is 0 Å². The fraction of sp³-hybridized carbons (Fsp3) is 0.0667. The monoisotopic (exact) mass is 313 g/mol. The number of hydrogen-bond acceptors (Lipinski definition) is 1. The lowest BCUT2D eigenvalue weighted by Crippen LogP contribution is -2.04. The first kappa shape index (κ1) is 14.4. The van der Waals surface area contributed by atoms with Gasteiger partial charge >= 0.3 is 0 Å². The minimum atomic E-state index is -2.19. The summed E-state index contributed by atoms with van der Waals surface area (Å²) in [6.45, 7) is 0. The molecule has 0 aliphatic rings. The predicted octanol–water partition coefficient (Wildman–Crippen LogP) is 4.54. The molecule has 0 bridgehead atoms. The number of nitrogens with one attached hydrogen (secondary N) is 1. The van der Waals surface area contributed by atoms with Crippen molar-refractivity contribution in [2.45, 2.75) is 0 Å². The molecule has 1 aromatic heterocycles. The van der Waals surface area contributed by atoms with E-state index in [1.54, 1.807) is 12.3 Å². The molecule has 2 aromatic carbocycles. The fourth-order valence-electron chi connectivity index (χ4n) is 2.30. The number of methoxy groups -OCH3 is 1. The van der Waals surface area contributed by atoms with Crippen LogP contribution in [0.15, 0.2) is 24.4 Å². The third kappa shape index (κ3) is 1.93. The van der Waals surface area contributed by atoms with E-state index in [1.165, 1.54) is 19.2 Å². The van der Waals surface area contributed by atoms with Gasteiger partial charge in [0.05, 0.1) is 12.7 Å². The van der Waals surface area contributed by atoms with Crippen LogP contribution in [-0.4, -0.2) is 12.1 Å². The zero-order chi connectivity index (χ0) is 16.0.